The number of aliphatic carboxylic acids is 1. The molecule has 3 rings (SSSR count). The molecule has 2 aromatic rings. The second-order valence-corrected chi connectivity index (χ2v) is 10.6. The molecule has 0 aliphatic carbocycles. The fraction of sp³-hybridized carbons (Fsp3) is 0.538. The van der Waals surface area contributed by atoms with Gasteiger partial charge in [-0.25, -0.2) is 13.6 Å². The summed E-state index contributed by atoms with van der Waals surface area (Å²) >= 11 is 0. The van der Waals surface area contributed by atoms with Gasteiger partial charge in [0.05, 0.1) is 18.4 Å². The number of aryl methyl sites for hydroxylation is 1. The lowest BCUT2D eigenvalue weighted by molar-refractivity contribution is -0.160. The van der Waals surface area contributed by atoms with Crippen molar-refractivity contribution in [2.75, 3.05) is 25.1 Å². The molecule has 1 fully saturated rings. The van der Waals surface area contributed by atoms with Crippen LogP contribution in [-0.4, -0.2) is 41.9 Å². The maximum absolute atomic E-state index is 15.4. The van der Waals surface area contributed by atoms with E-state index in [1.807, 2.05) is 0 Å². The summed E-state index contributed by atoms with van der Waals surface area (Å²) in [4.78, 5) is 18.9. The maximum atomic E-state index is 15.4. The molecule has 0 saturated carbocycles. The number of aromatic nitrogens is 1. The van der Waals surface area contributed by atoms with E-state index >= 15 is 4.39 Å². The second kappa shape index (κ2) is 9.49. The normalized spacial score (nSPS) is 16.9. The number of piperidine rings is 1. The second-order valence-electron chi connectivity index (χ2n) is 10.6. The number of hydrogen-bond donors (Lipinski definition) is 1. The minimum absolute atomic E-state index is 0.0896. The summed E-state index contributed by atoms with van der Waals surface area (Å²) in [6.07, 6.45) is 1.95. The number of halogens is 2. The largest absolute Gasteiger partial charge is 0.491 e. The van der Waals surface area contributed by atoms with Crippen molar-refractivity contribution in [2.45, 2.75) is 66.1 Å². The predicted octanol–water partition coefficient (Wildman–Crippen LogP) is 5.91. The van der Waals surface area contributed by atoms with E-state index in [1.54, 1.807) is 27.7 Å². The lowest BCUT2D eigenvalue weighted by atomic mass is 9.82. The lowest BCUT2D eigenvalue weighted by Crippen LogP contribution is -2.39. The molecule has 0 bridgehead atoms. The van der Waals surface area contributed by atoms with E-state index in [4.69, 9.17) is 9.47 Å². The molecule has 1 saturated heterocycles. The van der Waals surface area contributed by atoms with E-state index in [9.17, 15) is 14.3 Å². The van der Waals surface area contributed by atoms with Gasteiger partial charge in [0.2, 0.25) is 0 Å². The minimum Gasteiger partial charge on any atom is -0.491 e. The molecule has 0 amide bonds. The van der Waals surface area contributed by atoms with Crippen molar-refractivity contribution in [2.24, 2.45) is 5.41 Å². The fourth-order valence-corrected chi connectivity index (χ4v) is 4.31. The smallest absolute Gasteiger partial charge is 0.337 e. The number of pyridine rings is 1. The molecule has 8 heteroatoms. The summed E-state index contributed by atoms with van der Waals surface area (Å²) in [5.41, 5.74) is 1.25. The van der Waals surface area contributed by atoms with E-state index in [1.165, 1.54) is 19.4 Å². The fourth-order valence-electron chi connectivity index (χ4n) is 4.31. The van der Waals surface area contributed by atoms with Crippen molar-refractivity contribution >= 4 is 11.7 Å². The number of hydrogen-bond acceptors (Lipinski definition) is 5. The molecule has 34 heavy (non-hydrogen) atoms. The number of carbonyl (C=O) groups is 1. The molecule has 186 valence electrons. The summed E-state index contributed by atoms with van der Waals surface area (Å²) in [6.45, 7) is 12.8. The van der Waals surface area contributed by atoms with Crippen LogP contribution in [-0.2, 0) is 9.53 Å². The number of nitrogens with zero attached hydrogens (tertiary/aromatic N) is 2. The Labute approximate surface area is 199 Å². The Morgan fingerprint density at radius 1 is 1.18 bits per heavy atom. The van der Waals surface area contributed by atoms with Crippen LogP contribution < -0.4 is 9.64 Å². The third kappa shape index (κ3) is 5.32. The van der Waals surface area contributed by atoms with Gasteiger partial charge in [0.1, 0.15) is 0 Å². The highest BCUT2D eigenvalue weighted by atomic mass is 19.1. The molecular weight excluding hydrogens is 442 g/mol. The van der Waals surface area contributed by atoms with Crippen molar-refractivity contribution in [3.63, 3.8) is 0 Å². The summed E-state index contributed by atoms with van der Waals surface area (Å²) in [6, 6.07) is 2.47. The van der Waals surface area contributed by atoms with Crippen LogP contribution in [0.25, 0.3) is 11.1 Å². The zero-order chi connectivity index (χ0) is 25.4. The minimum atomic E-state index is -1.32. The van der Waals surface area contributed by atoms with Crippen LogP contribution in [0.15, 0.2) is 18.3 Å². The Bertz CT molecular complexity index is 1070. The van der Waals surface area contributed by atoms with Crippen LogP contribution >= 0.6 is 0 Å². The molecule has 1 aromatic heterocycles. The van der Waals surface area contributed by atoms with Gasteiger partial charge in [-0.3, -0.25) is 4.98 Å². The van der Waals surface area contributed by atoms with Crippen LogP contribution in [0.1, 0.15) is 64.8 Å². The Kier molecular flexibility index (Phi) is 7.22. The Balaban J connectivity index is 2.31. The molecular formula is C26H34F2N2O4. The topological polar surface area (TPSA) is 71.9 Å². The molecule has 0 spiro atoms. The highest BCUT2D eigenvalue weighted by Crippen LogP contribution is 2.45. The average molecular weight is 477 g/mol. The SMILES string of the molecule is COc1c(F)ccc(-c2cnc(C)c(C(OC(C)(C)C)C(=O)O)c2N2CCC(C)(C)CC2)c1F. The van der Waals surface area contributed by atoms with E-state index in [-0.39, 0.29) is 11.0 Å². The summed E-state index contributed by atoms with van der Waals surface area (Å²) in [7, 11) is 1.20. The van der Waals surface area contributed by atoms with Gasteiger partial charge in [-0.1, -0.05) is 13.8 Å². The third-order valence-electron chi connectivity index (χ3n) is 6.22. The zero-order valence-electron chi connectivity index (χ0n) is 21.0. The number of methoxy groups -OCH3 is 1. The summed E-state index contributed by atoms with van der Waals surface area (Å²) in [5.74, 6) is -3.33. The van der Waals surface area contributed by atoms with Gasteiger partial charge in [0, 0.05) is 41.7 Å². The summed E-state index contributed by atoms with van der Waals surface area (Å²) in [5, 5.41) is 10.1. The van der Waals surface area contributed by atoms with Gasteiger partial charge in [0.25, 0.3) is 0 Å². The monoisotopic (exact) mass is 476 g/mol. The van der Waals surface area contributed by atoms with Crippen molar-refractivity contribution in [1.82, 2.24) is 4.98 Å². The van der Waals surface area contributed by atoms with E-state index in [0.717, 1.165) is 18.9 Å². The average Bonchev–Trinajstić information content (AvgIpc) is 2.72. The quantitative estimate of drug-likeness (QED) is 0.559. The molecule has 2 heterocycles. The van der Waals surface area contributed by atoms with Crippen LogP contribution in [0.3, 0.4) is 0 Å². The van der Waals surface area contributed by atoms with E-state index in [2.05, 4.69) is 23.7 Å². The molecule has 1 atom stereocenters. The van der Waals surface area contributed by atoms with Crippen molar-refractivity contribution in [3.05, 3.63) is 41.2 Å². The van der Waals surface area contributed by atoms with Crippen LogP contribution in [0.4, 0.5) is 14.5 Å². The Morgan fingerprint density at radius 2 is 1.79 bits per heavy atom. The number of carboxylic acids is 1. The first kappa shape index (κ1) is 25.9. The van der Waals surface area contributed by atoms with Crippen LogP contribution in [0.5, 0.6) is 5.75 Å². The van der Waals surface area contributed by atoms with Gasteiger partial charge >= 0.3 is 5.97 Å². The Hall–Kier alpha value is -2.74. The van der Waals surface area contributed by atoms with Gasteiger partial charge in [-0.05, 0) is 58.1 Å². The van der Waals surface area contributed by atoms with Crippen LogP contribution in [0, 0.1) is 24.0 Å². The number of carboxylic acid groups (broad SMARTS) is 1. The summed E-state index contributed by atoms with van der Waals surface area (Å²) < 4.78 is 40.5. The van der Waals surface area contributed by atoms with Gasteiger partial charge in [-0.15, -0.1) is 0 Å². The Morgan fingerprint density at radius 3 is 2.32 bits per heavy atom. The van der Waals surface area contributed by atoms with E-state index < -0.39 is 35.1 Å². The van der Waals surface area contributed by atoms with Crippen molar-refractivity contribution in [1.29, 1.82) is 0 Å². The first-order chi connectivity index (χ1) is 15.8. The molecule has 6 nitrogen and oxygen atoms in total. The number of rotatable bonds is 6. The van der Waals surface area contributed by atoms with Crippen molar-refractivity contribution < 1.29 is 28.2 Å². The number of ether oxygens (including phenoxy) is 2. The number of anilines is 1. The first-order valence-electron chi connectivity index (χ1n) is 11.4. The number of benzene rings is 1. The predicted molar refractivity (Wildman–Crippen MR) is 127 cm³/mol. The highest BCUT2D eigenvalue weighted by Gasteiger charge is 2.36. The van der Waals surface area contributed by atoms with Gasteiger partial charge < -0.3 is 19.5 Å². The molecule has 1 aliphatic heterocycles. The maximum Gasteiger partial charge on any atom is 0.337 e. The van der Waals surface area contributed by atoms with Crippen molar-refractivity contribution in [3.8, 4) is 16.9 Å². The zero-order valence-corrected chi connectivity index (χ0v) is 21.0. The molecule has 1 aliphatic rings. The first-order valence-corrected chi connectivity index (χ1v) is 11.4. The van der Waals surface area contributed by atoms with Gasteiger partial charge in [0.15, 0.2) is 23.5 Å². The lowest BCUT2D eigenvalue weighted by Gasteiger charge is -2.41. The molecule has 0 radical (unpaired) electrons. The third-order valence-corrected chi connectivity index (χ3v) is 6.22. The van der Waals surface area contributed by atoms with Crippen LogP contribution in [0.2, 0.25) is 0 Å². The standard InChI is InChI=1S/C26H34F2N2O4/c1-15-19(23(24(31)32)34-25(2,3)4)21(30-12-10-26(5,6)11-13-30)17(14-29-15)16-8-9-18(27)22(33-7)20(16)28/h8-9,14,23H,10-13H2,1-7H3,(H,31,32). The van der Waals surface area contributed by atoms with Gasteiger partial charge in [-0.2, -0.15) is 0 Å². The molecule has 1 N–H and O–H groups in total. The van der Waals surface area contributed by atoms with E-state index in [0.29, 0.717) is 35.6 Å². The highest BCUT2D eigenvalue weighted by molar-refractivity contribution is 5.87. The molecule has 1 unspecified atom stereocenters. The molecule has 1 aromatic carbocycles.